The van der Waals surface area contributed by atoms with Gasteiger partial charge in [-0.2, -0.15) is 13.2 Å². The van der Waals surface area contributed by atoms with Crippen LogP contribution in [0.5, 0.6) is 0 Å². The number of fused-ring (bicyclic) bond motifs is 1. The average Bonchev–Trinajstić information content (AvgIpc) is 2.90. The van der Waals surface area contributed by atoms with Crippen LogP contribution in [0.25, 0.3) is 10.9 Å². The van der Waals surface area contributed by atoms with Crippen LogP contribution in [0.2, 0.25) is 0 Å². The quantitative estimate of drug-likeness (QED) is 0.736. The smallest absolute Gasteiger partial charge is 0.371 e. The maximum atomic E-state index is 13.5. The number of H-pyrrole nitrogens is 1. The summed E-state index contributed by atoms with van der Waals surface area (Å²) >= 11 is 0. The van der Waals surface area contributed by atoms with E-state index in [9.17, 15) is 18.3 Å². The molecule has 0 saturated heterocycles. The van der Waals surface area contributed by atoms with E-state index in [1.807, 2.05) is 0 Å². The topological polar surface area (TPSA) is 36.0 Å². The molecule has 0 amide bonds. The fraction of sp³-hybridized carbons (Fsp3) is 0.125. The number of aromatic amines is 1. The normalized spacial score (nSPS) is 15.0. The van der Waals surface area contributed by atoms with Gasteiger partial charge in [-0.05, 0) is 23.1 Å². The summed E-state index contributed by atoms with van der Waals surface area (Å²) in [6.45, 7) is 0. The van der Waals surface area contributed by atoms with Gasteiger partial charge >= 0.3 is 6.18 Å². The van der Waals surface area contributed by atoms with E-state index in [4.69, 9.17) is 0 Å². The molecule has 3 aromatic rings. The summed E-state index contributed by atoms with van der Waals surface area (Å²) < 4.78 is 40.6. The minimum Gasteiger partial charge on any atom is -0.371 e. The van der Waals surface area contributed by atoms with E-state index in [0.717, 1.165) is 0 Å². The summed E-state index contributed by atoms with van der Waals surface area (Å²) in [5.41, 5.74) is -3.02. The lowest BCUT2D eigenvalue weighted by molar-refractivity contribution is -0.249. The van der Waals surface area contributed by atoms with E-state index in [2.05, 4.69) is 4.98 Å². The van der Waals surface area contributed by atoms with Crippen molar-refractivity contribution in [3.8, 4) is 0 Å². The van der Waals surface area contributed by atoms with E-state index in [-0.39, 0.29) is 11.3 Å². The van der Waals surface area contributed by atoms with Crippen LogP contribution in [0.3, 0.4) is 0 Å². The van der Waals surface area contributed by atoms with Crippen LogP contribution in [0.15, 0.2) is 60.7 Å². The molecule has 0 saturated carbocycles. The minimum absolute atomic E-state index is 0.218. The predicted molar refractivity (Wildman–Crippen MR) is 73.8 cm³/mol. The largest absolute Gasteiger partial charge is 0.427 e. The van der Waals surface area contributed by atoms with Crippen molar-refractivity contribution in [1.82, 2.24) is 4.98 Å². The molecule has 0 aliphatic rings. The number of halogens is 3. The number of rotatable bonds is 2. The van der Waals surface area contributed by atoms with E-state index in [0.29, 0.717) is 10.9 Å². The second-order valence-electron chi connectivity index (χ2n) is 4.84. The van der Waals surface area contributed by atoms with Crippen molar-refractivity contribution in [2.45, 2.75) is 11.8 Å². The number of benzene rings is 2. The Morgan fingerprint density at radius 1 is 0.857 bits per heavy atom. The number of aliphatic hydroxyl groups is 1. The first-order chi connectivity index (χ1) is 9.93. The van der Waals surface area contributed by atoms with Crippen LogP contribution in [-0.4, -0.2) is 16.3 Å². The molecule has 1 atom stereocenters. The third-order valence-corrected chi connectivity index (χ3v) is 3.52. The molecule has 1 heterocycles. The summed E-state index contributed by atoms with van der Waals surface area (Å²) in [6, 6.07) is 15.2. The fourth-order valence-corrected chi connectivity index (χ4v) is 2.42. The predicted octanol–water partition coefficient (Wildman–Crippen LogP) is 3.97. The van der Waals surface area contributed by atoms with Gasteiger partial charge in [0.25, 0.3) is 0 Å². The zero-order valence-corrected chi connectivity index (χ0v) is 10.9. The number of hydrogen-bond donors (Lipinski definition) is 2. The highest BCUT2D eigenvalue weighted by Crippen LogP contribution is 2.44. The molecular formula is C16H12F3NO. The van der Waals surface area contributed by atoms with Gasteiger partial charge in [0, 0.05) is 5.52 Å². The van der Waals surface area contributed by atoms with E-state index >= 15 is 0 Å². The standard InChI is InChI=1S/C16H12F3NO/c17-16(18,19)15(21,12-7-2-1-3-8-12)14-10-11-6-4-5-9-13(11)20-14/h1-10,20-21H/t15-/m1/s1. The lowest BCUT2D eigenvalue weighted by Crippen LogP contribution is -2.43. The van der Waals surface area contributed by atoms with Gasteiger partial charge in [0.2, 0.25) is 5.60 Å². The first-order valence-corrected chi connectivity index (χ1v) is 6.36. The molecule has 2 aromatic carbocycles. The van der Waals surface area contributed by atoms with Crippen molar-refractivity contribution in [2.75, 3.05) is 0 Å². The van der Waals surface area contributed by atoms with Crippen LogP contribution in [0.1, 0.15) is 11.3 Å². The molecule has 3 rings (SSSR count). The van der Waals surface area contributed by atoms with Crippen molar-refractivity contribution in [3.63, 3.8) is 0 Å². The summed E-state index contributed by atoms with van der Waals surface area (Å²) in [7, 11) is 0. The molecular weight excluding hydrogens is 279 g/mol. The molecule has 2 nitrogen and oxygen atoms in total. The van der Waals surface area contributed by atoms with E-state index < -0.39 is 11.8 Å². The molecule has 0 bridgehead atoms. The van der Waals surface area contributed by atoms with E-state index in [1.165, 1.54) is 30.3 Å². The first-order valence-electron chi connectivity index (χ1n) is 6.36. The molecule has 2 N–H and O–H groups in total. The Bertz CT molecular complexity index is 731. The third-order valence-electron chi connectivity index (χ3n) is 3.52. The minimum atomic E-state index is -4.84. The summed E-state index contributed by atoms with van der Waals surface area (Å²) in [4.78, 5) is 2.67. The molecule has 108 valence electrons. The second kappa shape index (κ2) is 4.63. The zero-order valence-electron chi connectivity index (χ0n) is 10.9. The lowest BCUT2D eigenvalue weighted by atomic mass is 9.89. The summed E-state index contributed by atoms with van der Waals surface area (Å²) in [5, 5.41) is 11.1. The van der Waals surface area contributed by atoms with Gasteiger partial charge in [-0.3, -0.25) is 0 Å². The number of para-hydroxylation sites is 1. The third kappa shape index (κ3) is 2.10. The van der Waals surface area contributed by atoms with Crippen LogP contribution >= 0.6 is 0 Å². The molecule has 5 heteroatoms. The number of aromatic nitrogens is 1. The average molecular weight is 291 g/mol. The van der Waals surface area contributed by atoms with E-state index in [1.54, 1.807) is 30.3 Å². The Morgan fingerprint density at radius 3 is 2.10 bits per heavy atom. The number of hydrogen-bond acceptors (Lipinski definition) is 1. The van der Waals surface area contributed by atoms with Crippen LogP contribution < -0.4 is 0 Å². The molecule has 0 radical (unpaired) electrons. The Kier molecular flexibility index (Phi) is 3.02. The highest BCUT2D eigenvalue weighted by molar-refractivity contribution is 5.80. The van der Waals surface area contributed by atoms with Crippen molar-refractivity contribution in [1.29, 1.82) is 0 Å². The summed E-state index contributed by atoms with van der Waals surface area (Å²) in [6.07, 6.45) is -4.84. The molecule has 0 spiro atoms. The molecule has 1 aromatic heterocycles. The van der Waals surface area contributed by atoms with Crippen LogP contribution in [0.4, 0.5) is 13.2 Å². The molecule has 0 aliphatic heterocycles. The SMILES string of the molecule is O[C@](c1ccccc1)(c1cc2ccccc2[nH]1)C(F)(F)F. The van der Waals surface area contributed by atoms with Gasteiger partial charge < -0.3 is 10.1 Å². The Labute approximate surface area is 118 Å². The Hall–Kier alpha value is -2.27. The van der Waals surface area contributed by atoms with Gasteiger partial charge in [0.05, 0.1) is 5.69 Å². The van der Waals surface area contributed by atoms with Gasteiger partial charge in [-0.1, -0.05) is 48.5 Å². The highest BCUT2D eigenvalue weighted by atomic mass is 19.4. The molecule has 21 heavy (non-hydrogen) atoms. The van der Waals surface area contributed by atoms with Crippen molar-refractivity contribution < 1.29 is 18.3 Å². The zero-order chi connectivity index (χ0) is 15.1. The van der Waals surface area contributed by atoms with Gasteiger partial charge in [-0.15, -0.1) is 0 Å². The maximum Gasteiger partial charge on any atom is 0.427 e. The number of alkyl halides is 3. The molecule has 0 fully saturated rings. The van der Waals surface area contributed by atoms with Crippen LogP contribution in [0, 0.1) is 0 Å². The maximum absolute atomic E-state index is 13.5. The Balaban J connectivity index is 2.25. The van der Waals surface area contributed by atoms with Gasteiger partial charge in [0.1, 0.15) is 0 Å². The molecule has 0 aliphatic carbocycles. The van der Waals surface area contributed by atoms with Crippen molar-refractivity contribution in [3.05, 3.63) is 71.9 Å². The van der Waals surface area contributed by atoms with Gasteiger partial charge in [0.15, 0.2) is 0 Å². The second-order valence-corrected chi connectivity index (χ2v) is 4.84. The lowest BCUT2D eigenvalue weighted by Gasteiger charge is -2.30. The van der Waals surface area contributed by atoms with Crippen molar-refractivity contribution in [2.24, 2.45) is 0 Å². The molecule has 0 unspecified atom stereocenters. The fourth-order valence-electron chi connectivity index (χ4n) is 2.42. The highest BCUT2D eigenvalue weighted by Gasteiger charge is 2.57. The summed E-state index contributed by atoms with van der Waals surface area (Å²) in [5.74, 6) is 0. The number of nitrogens with one attached hydrogen (secondary N) is 1. The first kappa shape index (κ1) is 13.7. The van der Waals surface area contributed by atoms with Crippen LogP contribution in [-0.2, 0) is 5.60 Å². The monoisotopic (exact) mass is 291 g/mol. The van der Waals surface area contributed by atoms with Gasteiger partial charge in [-0.25, -0.2) is 0 Å². The Morgan fingerprint density at radius 2 is 1.48 bits per heavy atom. The van der Waals surface area contributed by atoms with Crippen molar-refractivity contribution >= 4 is 10.9 Å².